The van der Waals surface area contributed by atoms with Crippen LogP contribution in [0.2, 0.25) is 0 Å². The lowest BCUT2D eigenvalue weighted by molar-refractivity contribution is -0.0799. The summed E-state index contributed by atoms with van der Waals surface area (Å²) in [4.78, 5) is 0. The molecule has 0 aromatic carbocycles. The van der Waals surface area contributed by atoms with Gasteiger partial charge in [-0.2, -0.15) is 13.2 Å². The highest BCUT2D eigenvalue weighted by Gasteiger charge is 2.21. The van der Waals surface area contributed by atoms with E-state index in [-0.39, 0.29) is 12.0 Å². The summed E-state index contributed by atoms with van der Waals surface area (Å²) < 4.78 is 33.3. The molecule has 0 unspecified atom stereocenters. The molecule has 4 heteroatoms. The Morgan fingerprint density at radius 2 is 1.88 bits per heavy atom. The van der Waals surface area contributed by atoms with E-state index >= 15 is 0 Å². The first-order valence-electron chi connectivity index (χ1n) is 1.86. The minimum atomic E-state index is -4.21. The van der Waals surface area contributed by atoms with Gasteiger partial charge in [0.2, 0.25) is 0 Å². The maximum Gasteiger partial charge on any atom is 0.409 e. The van der Waals surface area contributed by atoms with Crippen LogP contribution in [0.5, 0.6) is 0 Å². The van der Waals surface area contributed by atoms with E-state index in [2.05, 4.69) is 0 Å². The van der Waals surface area contributed by atoms with Crippen LogP contribution in [-0.4, -0.2) is 12.1 Å². The van der Waals surface area contributed by atoms with Crippen molar-refractivity contribution in [3.05, 3.63) is 12.2 Å². The van der Waals surface area contributed by atoms with Crippen molar-refractivity contribution < 1.29 is 13.2 Å². The van der Waals surface area contributed by atoms with Gasteiger partial charge in [-0.3, -0.25) is 0 Å². The average molecular weight is 145 g/mol. The molecule has 0 aliphatic heterocycles. The van der Waals surface area contributed by atoms with Gasteiger partial charge in [-0.15, -0.1) is 11.6 Å². The largest absolute Gasteiger partial charge is 0.409 e. The molecular formula is C4H4ClF3. The molecule has 48 valence electrons. The van der Waals surface area contributed by atoms with Crippen LogP contribution in [-0.2, 0) is 0 Å². The lowest BCUT2D eigenvalue weighted by Crippen LogP contribution is -2.00. The summed E-state index contributed by atoms with van der Waals surface area (Å²) >= 11 is 4.92. The molecule has 0 heterocycles. The SMILES string of the molecule is FC(F)(F)/C=C/CCl. The van der Waals surface area contributed by atoms with Crippen molar-refractivity contribution in [3.8, 4) is 0 Å². The third kappa shape index (κ3) is 5.82. The predicted octanol–water partition coefficient (Wildman–Crippen LogP) is 2.34. The molecule has 0 saturated carbocycles. The van der Waals surface area contributed by atoms with E-state index in [1.807, 2.05) is 0 Å². The second-order valence-corrected chi connectivity index (χ2v) is 1.41. The highest BCUT2D eigenvalue weighted by molar-refractivity contribution is 6.18. The predicted molar refractivity (Wildman–Crippen MR) is 25.9 cm³/mol. The quantitative estimate of drug-likeness (QED) is 0.392. The molecule has 0 rings (SSSR count). The van der Waals surface area contributed by atoms with E-state index in [4.69, 9.17) is 11.6 Å². The molecule has 0 aliphatic rings. The van der Waals surface area contributed by atoms with Crippen LogP contribution in [0.25, 0.3) is 0 Å². The summed E-state index contributed by atoms with van der Waals surface area (Å²) in [6.45, 7) is 0. The first kappa shape index (κ1) is 7.82. The Morgan fingerprint density at radius 3 is 2.00 bits per heavy atom. The van der Waals surface area contributed by atoms with Gasteiger partial charge in [-0.1, -0.05) is 6.08 Å². The Balaban J connectivity index is 3.52. The van der Waals surface area contributed by atoms with Crippen LogP contribution in [0, 0.1) is 0 Å². The van der Waals surface area contributed by atoms with Crippen LogP contribution < -0.4 is 0 Å². The molecule has 0 fully saturated rings. The second-order valence-electron chi connectivity index (χ2n) is 1.10. The van der Waals surface area contributed by atoms with Crippen LogP contribution in [0.1, 0.15) is 0 Å². The highest BCUT2D eigenvalue weighted by atomic mass is 35.5. The fourth-order valence-corrected chi connectivity index (χ4v) is 0.267. The van der Waals surface area contributed by atoms with Crippen molar-refractivity contribution >= 4 is 11.6 Å². The van der Waals surface area contributed by atoms with Gasteiger partial charge >= 0.3 is 6.18 Å². The maximum absolute atomic E-state index is 11.1. The Morgan fingerprint density at radius 1 is 1.38 bits per heavy atom. The molecule has 0 radical (unpaired) electrons. The van der Waals surface area contributed by atoms with Gasteiger partial charge in [-0.05, 0) is 0 Å². The zero-order valence-corrected chi connectivity index (χ0v) is 4.63. The van der Waals surface area contributed by atoms with Crippen LogP contribution in [0.15, 0.2) is 12.2 Å². The summed E-state index contributed by atoms with van der Waals surface area (Å²) in [7, 11) is 0. The second kappa shape index (κ2) is 2.97. The summed E-state index contributed by atoms with van der Waals surface area (Å²) in [5, 5.41) is 0. The standard InChI is InChI=1S/C4H4ClF3/c5-3-1-2-4(6,7)8/h1-2H,3H2/b2-1+. The fraction of sp³-hybridized carbons (Fsp3) is 0.500. The molecule has 0 saturated heterocycles. The molecule has 0 spiro atoms. The number of hydrogen-bond acceptors (Lipinski definition) is 0. The van der Waals surface area contributed by atoms with E-state index in [0.717, 1.165) is 6.08 Å². The Labute approximate surface area is 49.9 Å². The maximum atomic E-state index is 11.1. The van der Waals surface area contributed by atoms with Crippen LogP contribution in [0.3, 0.4) is 0 Å². The zero-order valence-electron chi connectivity index (χ0n) is 3.87. The molecule has 0 atom stereocenters. The molecule has 8 heavy (non-hydrogen) atoms. The first-order chi connectivity index (χ1) is 3.56. The van der Waals surface area contributed by atoms with Gasteiger partial charge < -0.3 is 0 Å². The summed E-state index contributed by atoms with van der Waals surface area (Å²) in [5.41, 5.74) is 0. The summed E-state index contributed by atoms with van der Waals surface area (Å²) in [6, 6.07) is 0. The zero-order chi connectivity index (χ0) is 6.62. The van der Waals surface area contributed by atoms with Gasteiger partial charge in [0.25, 0.3) is 0 Å². The van der Waals surface area contributed by atoms with Crippen molar-refractivity contribution in [3.63, 3.8) is 0 Å². The summed E-state index contributed by atoms with van der Waals surface area (Å²) in [5.74, 6) is -0.0977. The van der Waals surface area contributed by atoms with Crippen molar-refractivity contribution in [2.75, 3.05) is 5.88 Å². The smallest absolute Gasteiger partial charge is 0.167 e. The average Bonchev–Trinajstić information content (AvgIpc) is 1.59. The first-order valence-corrected chi connectivity index (χ1v) is 2.40. The van der Waals surface area contributed by atoms with Gasteiger partial charge in [0.15, 0.2) is 0 Å². The number of hydrogen-bond donors (Lipinski definition) is 0. The van der Waals surface area contributed by atoms with E-state index in [1.54, 1.807) is 0 Å². The number of alkyl halides is 4. The Kier molecular flexibility index (Phi) is 2.90. The molecule has 0 bridgehead atoms. The van der Waals surface area contributed by atoms with Crippen molar-refractivity contribution in [2.45, 2.75) is 6.18 Å². The molecule has 0 amide bonds. The lowest BCUT2D eigenvalue weighted by Gasteiger charge is -1.94. The van der Waals surface area contributed by atoms with E-state index in [0.29, 0.717) is 0 Å². The molecular weight excluding hydrogens is 140 g/mol. The van der Waals surface area contributed by atoms with Crippen molar-refractivity contribution in [2.24, 2.45) is 0 Å². The Bertz CT molecular complexity index is 83.8. The van der Waals surface area contributed by atoms with Gasteiger partial charge in [0.1, 0.15) is 0 Å². The Hall–Kier alpha value is -0.180. The normalized spacial score (nSPS) is 13.0. The molecule has 0 N–H and O–H groups in total. The van der Waals surface area contributed by atoms with Crippen molar-refractivity contribution in [1.82, 2.24) is 0 Å². The summed E-state index contributed by atoms with van der Waals surface area (Å²) in [6.07, 6.45) is -3.25. The molecule has 0 aromatic heterocycles. The topological polar surface area (TPSA) is 0 Å². The minimum absolute atomic E-state index is 0.0977. The van der Waals surface area contributed by atoms with E-state index in [9.17, 15) is 13.2 Å². The minimum Gasteiger partial charge on any atom is -0.167 e. The van der Waals surface area contributed by atoms with E-state index in [1.165, 1.54) is 0 Å². The van der Waals surface area contributed by atoms with Crippen molar-refractivity contribution in [1.29, 1.82) is 0 Å². The fourth-order valence-electron chi connectivity index (χ4n) is 0.178. The molecule has 0 aromatic rings. The van der Waals surface area contributed by atoms with Crippen LogP contribution >= 0.6 is 11.6 Å². The lowest BCUT2D eigenvalue weighted by atomic mass is 10.5. The van der Waals surface area contributed by atoms with Gasteiger partial charge in [-0.25, -0.2) is 0 Å². The van der Waals surface area contributed by atoms with E-state index < -0.39 is 6.18 Å². The van der Waals surface area contributed by atoms with Gasteiger partial charge in [0.05, 0.1) is 0 Å². The third-order valence-electron chi connectivity index (χ3n) is 0.396. The molecule has 0 aliphatic carbocycles. The number of rotatable bonds is 1. The van der Waals surface area contributed by atoms with Gasteiger partial charge in [0, 0.05) is 12.0 Å². The third-order valence-corrected chi connectivity index (χ3v) is 0.574. The van der Waals surface area contributed by atoms with Crippen LogP contribution in [0.4, 0.5) is 13.2 Å². The number of halogens is 4. The number of allylic oxidation sites excluding steroid dienone is 2. The highest BCUT2D eigenvalue weighted by Crippen LogP contribution is 2.15. The molecule has 0 nitrogen and oxygen atoms in total. The monoisotopic (exact) mass is 144 g/mol.